The molecule has 2 aromatic rings. The minimum Gasteiger partial charge on any atom is -0.497 e. The summed E-state index contributed by atoms with van der Waals surface area (Å²) >= 11 is 0. The van der Waals surface area contributed by atoms with E-state index in [9.17, 15) is 14.4 Å². The smallest absolute Gasteiger partial charge is 0.324 e. The minimum atomic E-state index is -0.379. The molecule has 8 heteroatoms. The van der Waals surface area contributed by atoms with E-state index >= 15 is 0 Å². The van der Waals surface area contributed by atoms with Crippen LogP contribution in [-0.2, 0) is 16.1 Å². The molecule has 8 nitrogen and oxygen atoms in total. The van der Waals surface area contributed by atoms with Gasteiger partial charge in [0.05, 0.1) is 19.6 Å². The van der Waals surface area contributed by atoms with Crippen LogP contribution in [0.2, 0.25) is 0 Å². The number of anilines is 1. The summed E-state index contributed by atoms with van der Waals surface area (Å²) in [5.41, 5.74) is 3.29. The number of rotatable bonds is 5. The molecule has 0 radical (unpaired) electrons. The fourth-order valence-corrected chi connectivity index (χ4v) is 6.06. The first kappa shape index (κ1) is 25.1. The molecule has 0 spiro atoms. The summed E-state index contributed by atoms with van der Waals surface area (Å²) in [5.74, 6) is 0.289. The van der Waals surface area contributed by atoms with Crippen LogP contribution in [0.15, 0.2) is 48.5 Å². The molecule has 196 valence electrons. The van der Waals surface area contributed by atoms with Gasteiger partial charge in [-0.2, -0.15) is 0 Å². The molecule has 1 aliphatic carbocycles. The molecule has 4 amide bonds. The first-order valence-corrected chi connectivity index (χ1v) is 13.2. The van der Waals surface area contributed by atoms with E-state index in [2.05, 4.69) is 48.3 Å². The Kier molecular flexibility index (Phi) is 7.09. The molecule has 3 fully saturated rings. The van der Waals surface area contributed by atoms with Crippen molar-refractivity contribution < 1.29 is 19.1 Å². The Balaban J connectivity index is 1.18. The van der Waals surface area contributed by atoms with Crippen molar-refractivity contribution in [2.75, 3.05) is 31.6 Å². The Bertz CT molecular complexity index is 1170. The lowest BCUT2D eigenvalue weighted by molar-refractivity contribution is -0.143. The Morgan fingerprint density at radius 1 is 1.08 bits per heavy atom. The highest BCUT2D eigenvalue weighted by molar-refractivity contribution is 5.99. The van der Waals surface area contributed by atoms with Gasteiger partial charge in [0.15, 0.2) is 0 Å². The van der Waals surface area contributed by atoms with Crippen molar-refractivity contribution in [3.63, 3.8) is 0 Å². The van der Waals surface area contributed by atoms with Crippen molar-refractivity contribution in [1.82, 2.24) is 15.1 Å². The lowest BCUT2D eigenvalue weighted by Gasteiger charge is -2.45. The Morgan fingerprint density at radius 3 is 2.57 bits per heavy atom. The fourth-order valence-electron chi connectivity index (χ4n) is 6.06. The highest BCUT2D eigenvalue weighted by Gasteiger charge is 2.46. The lowest BCUT2D eigenvalue weighted by atomic mass is 9.76. The number of carbonyl (C=O) groups is 3. The van der Waals surface area contributed by atoms with Crippen LogP contribution in [0.3, 0.4) is 0 Å². The van der Waals surface area contributed by atoms with Crippen LogP contribution in [0.5, 0.6) is 5.75 Å². The molecular weight excluding hydrogens is 468 g/mol. The Hall–Kier alpha value is -3.55. The summed E-state index contributed by atoms with van der Waals surface area (Å²) in [6.45, 7) is 6.64. The zero-order valence-corrected chi connectivity index (χ0v) is 21.9. The molecule has 2 saturated heterocycles. The van der Waals surface area contributed by atoms with Gasteiger partial charge in [0, 0.05) is 43.3 Å². The van der Waals surface area contributed by atoms with Crippen LogP contribution in [0, 0.1) is 18.8 Å². The average molecular weight is 505 g/mol. The molecular formula is C29H36N4O4. The van der Waals surface area contributed by atoms with Crippen LogP contribution < -0.4 is 15.0 Å². The second-order valence-corrected chi connectivity index (χ2v) is 10.6. The van der Waals surface area contributed by atoms with Crippen molar-refractivity contribution >= 4 is 23.5 Å². The number of fused-ring (bicyclic) bond motifs is 1. The lowest BCUT2D eigenvalue weighted by Crippen LogP contribution is -2.62. The Morgan fingerprint density at radius 2 is 1.86 bits per heavy atom. The maximum atomic E-state index is 13.5. The molecule has 1 N–H and O–H groups in total. The summed E-state index contributed by atoms with van der Waals surface area (Å²) < 4.78 is 5.19. The van der Waals surface area contributed by atoms with Gasteiger partial charge in [0.1, 0.15) is 5.75 Å². The van der Waals surface area contributed by atoms with Crippen molar-refractivity contribution in [3.05, 3.63) is 59.7 Å². The second kappa shape index (κ2) is 10.4. The monoisotopic (exact) mass is 504 g/mol. The number of hydrogen-bond donors (Lipinski definition) is 1. The van der Waals surface area contributed by atoms with Crippen molar-refractivity contribution in [3.8, 4) is 5.75 Å². The summed E-state index contributed by atoms with van der Waals surface area (Å²) in [5, 5.41) is 3.03. The largest absolute Gasteiger partial charge is 0.497 e. The van der Waals surface area contributed by atoms with E-state index in [1.165, 1.54) is 16.2 Å². The molecule has 1 saturated carbocycles. The predicted octanol–water partition coefficient (Wildman–Crippen LogP) is 3.58. The topological polar surface area (TPSA) is 82.2 Å². The van der Waals surface area contributed by atoms with E-state index in [1.54, 1.807) is 7.11 Å². The van der Waals surface area contributed by atoms with Crippen molar-refractivity contribution in [2.45, 2.75) is 51.7 Å². The summed E-state index contributed by atoms with van der Waals surface area (Å²) in [6.07, 6.45) is 1.80. The zero-order chi connectivity index (χ0) is 26.1. The summed E-state index contributed by atoms with van der Waals surface area (Å²) in [7, 11) is 1.60. The number of hydrogen-bond acceptors (Lipinski definition) is 5. The van der Waals surface area contributed by atoms with Gasteiger partial charge in [-0.05, 0) is 68.5 Å². The number of aryl methyl sites for hydroxylation is 1. The van der Waals surface area contributed by atoms with Gasteiger partial charge < -0.3 is 19.9 Å². The van der Waals surface area contributed by atoms with Gasteiger partial charge in [-0.15, -0.1) is 0 Å². The second-order valence-electron chi connectivity index (χ2n) is 10.6. The van der Waals surface area contributed by atoms with Crippen LogP contribution in [0.1, 0.15) is 37.3 Å². The van der Waals surface area contributed by atoms with Crippen LogP contribution in [0.25, 0.3) is 0 Å². The van der Waals surface area contributed by atoms with Crippen LogP contribution in [-0.4, -0.2) is 66.5 Å². The van der Waals surface area contributed by atoms with Crippen LogP contribution in [0.4, 0.5) is 10.5 Å². The average Bonchev–Trinajstić information content (AvgIpc) is 2.90. The molecule has 4 atom stereocenters. The molecule has 4 unspecified atom stereocenters. The number of piperazine rings is 1. The van der Waals surface area contributed by atoms with Crippen molar-refractivity contribution in [1.29, 1.82) is 0 Å². The third-order valence-corrected chi connectivity index (χ3v) is 8.11. The van der Waals surface area contributed by atoms with Crippen molar-refractivity contribution in [2.24, 2.45) is 11.8 Å². The molecule has 0 aromatic heterocycles. The Labute approximate surface area is 218 Å². The normalized spacial score (nSPS) is 26.0. The van der Waals surface area contributed by atoms with Gasteiger partial charge >= 0.3 is 6.03 Å². The first-order valence-electron chi connectivity index (χ1n) is 13.2. The SMILES string of the molecule is COc1ccc(CN2C(=O)NC3CC(C(=O)N4CCN(c5cccc(C)c5)C(C)C4)CCC3C2=O)cc1. The number of nitrogens with one attached hydrogen (secondary N) is 1. The third-order valence-electron chi connectivity index (χ3n) is 8.11. The maximum Gasteiger partial charge on any atom is 0.324 e. The number of carbonyl (C=O) groups excluding carboxylic acids is 3. The van der Waals surface area contributed by atoms with E-state index < -0.39 is 0 Å². The van der Waals surface area contributed by atoms with E-state index in [1.807, 2.05) is 29.2 Å². The van der Waals surface area contributed by atoms with Gasteiger partial charge in [-0.1, -0.05) is 24.3 Å². The minimum absolute atomic E-state index is 0.143. The number of benzene rings is 2. The number of imide groups is 1. The van der Waals surface area contributed by atoms with Gasteiger partial charge in [0.25, 0.3) is 0 Å². The molecule has 2 aromatic carbocycles. The van der Waals surface area contributed by atoms with E-state index in [0.29, 0.717) is 32.4 Å². The number of ether oxygens (including phenoxy) is 1. The standard InChI is InChI=1S/C29H36N4O4/c1-19-5-4-6-23(15-19)32-14-13-31(17-20(32)2)27(34)22-9-12-25-26(16-22)30-29(36)33(28(25)35)18-21-7-10-24(37-3)11-8-21/h4-8,10-11,15,20,22,25-26H,9,12-14,16-18H2,1-3H3,(H,30,36). The van der Waals surface area contributed by atoms with Crippen LogP contribution >= 0.6 is 0 Å². The molecule has 5 rings (SSSR count). The predicted molar refractivity (Wildman–Crippen MR) is 141 cm³/mol. The molecule has 2 heterocycles. The third kappa shape index (κ3) is 5.15. The summed E-state index contributed by atoms with van der Waals surface area (Å²) in [4.78, 5) is 45.3. The quantitative estimate of drug-likeness (QED) is 0.673. The zero-order valence-electron chi connectivity index (χ0n) is 21.9. The number of methoxy groups -OCH3 is 1. The maximum absolute atomic E-state index is 13.5. The molecule has 0 bridgehead atoms. The number of amides is 4. The van der Waals surface area contributed by atoms with Gasteiger partial charge in [0.2, 0.25) is 11.8 Å². The molecule has 2 aliphatic heterocycles. The van der Waals surface area contributed by atoms with Gasteiger partial charge in [-0.25, -0.2) is 4.79 Å². The number of nitrogens with zero attached hydrogens (tertiary/aromatic N) is 3. The number of urea groups is 1. The first-order chi connectivity index (χ1) is 17.8. The molecule has 37 heavy (non-hydrogen) atoms. The van der Waals surface area contributed by atoms with Gasteiger partial charge in [-0.3, -0.25) is 14.5 Å². The highest BCUT2D eigenvalue weighted by atomic mass is 16.5. The van der Waals surface area contributed by atoms with E-state index in [4.69, 9.17) is 4.74 Å². The van der Waals surface area contributed by atoms with E-state index in [-0.39, 0.29) is 48.3 Å². The highest BCUT2D eigenvalue weighted by Crippen LogP contribution is 2.35. The summed E-state index contributed by atoms with van der Waals surface area (Å²) in [6, 6.07) is 15.4. The fraction of sp³-hybridized carbons (Fsp3) is 0.483. The van der Waals surface area contributed by atoms with E-state index in [0.717, 1.165) is 17.9 Å². The molecule has 3 aliphatic rings.